The molecule has 1 aromatic rings. The molecule has 4 nitrogen and oxygen atoms in total. The van der Waals surface area contributed by atoms with E-state index in [0.717, 1.165) is 38.0 Å². The van der Waals surface area contributed by atoms with Gasteiger partial charge in [0.05, 0.1) is 6.54 Å². The molecule has 1 N–H and O–H groups in total. The second-order valence-electron chi connectivity index (χ2n) is 5.77. The zero-order valence-electron chi connectivity index (χ0n) is 13.0. The molecule has 5 heteroatoms. The Balaban J connectivity index is 1.51. The third-order valence-electron chi connectivity index (χ3n) is 4.04. The van der Waals surface area contributed by atoms with Crippen molar-refractivity contribution in [1.29, 1.82) is 0 Å². The van der Waals surface area contributed by atoms with Crippen molar-refractivity contribution in [1.82, 2.24) is 4.90 Å². The lowest BCUT2D eigenvalue weighted by atomic mass is 9.98. The van der Waals surface area contributed by atoms with E-state index in [1.807, 2.05) is 18.3 Å². The molecule has 3 rings (SSSR count). The standard InChI is InChI=1S/C18H20ClN3O/c19-15-4-6-16(7-5-15)21-18(23)13-22-11-8-14(9-12-22)17-3-1-2-10-20-17/h2,4-8,10H,1,3,9,11-13H2,(H,21,23). The molecule has 0 atom stereocenters. The van der Waals surface area contributed by atoms with Gasteiger partial charge >= 0.3 is 0 Å². The highest BCUT2D eigenvalue weighted by Gasteiger charge is 2.17. The zero-order valence-corrected chi connectivity index (χ0v) is 13.7. The molecule has 0 saturated carbocycles. The van der Waals surface area contributed by atoms with E-state index in [0.29, 0.717) is 11.6 Å². The normalized spacial score (nSPS) is 18.3. The van der Waals surface area contributed by atoms with Gasteiger partial charge in [-0.3, -0.25) is 14.7 Å². The van der Waals surface area contributed by atoms with Gasteiger partial charge in [0.1, 0.15) is 0 Å². The number of allylic oxidation sites excluding steroid dienone is 1. The molecule has 2 aliphatic heterocycles. The molecule has 0 aromatic heterocycles. The van der Waals surface area contributed by atoms with Crippen LogP contribution in [0.25, 0.3) is 0 Å². The molecule has 2 heterocycles. The molecule has 120 valence electrons. The van der Waals surface area contributed by atoms with Crippen molar-refractivity contribution in [3.8, 4) is 0 Å². The van der Waals surface area contributed by atoms with Gasteiger partial charge in [0.2, 0.25) is 5.91 Å². The maximum atomic E-state index is 12.1. The van der Waals surface area contributed by atoms with E-state index in [9.17, 15) is 4.79 Å². The number of carbonyl (C=O) groups excluding carboxylic acids is 1. The van der Waals surface area contributed by atoms with Gasteiger partial charge in [-0.2, -0.15) is 0 Å². The van der Waals surface area contributed by atoms with Gasteiger partial charge in [-0.05, 0) is 49.1 Å². The number of nitrogens with one attached hydrogen (secondary N) is 1. The monoisotopic (exact) mass is 329 g/mol. The minimum absolute atomic E-state index is 0.00196. The number of carbonyl (C=O) groups is 1. The number of rotatable bonds is 4. The molecule has 0 unspecified atom stereocenters. The second-order valence-corrected chi connectivity index (χ2v) is 6.21. The summed E-state index contributed by atoms with van der Waals surface area (Å²) in [6, 6.07) is 7.16. The van der Waals surface area contributed by atoms with Crippen LogP contribution in [0.2, 0.25) is 5.02 Å². The van der Waals surface area contributed by atoms with E-state index in [1.165, 1.54) is 11.3 Å². The number of hydrogen-bond donors (Lipinski definition) is 1. The molecule has 0 aliphatic carbocycles. The second kappa shape index (κ2) is 7.57. The third kappa shape index (κ3) is 4.53. The Morgan fingerprint density at radius 3 is 2.74 bits per heavy atom. The minimum Gasteiger partial charge on any atom is -0.325 e. The van der Waals surface area contributed by atoms with Crippen LogP contribution in [0.3, 0.4) is 0 Å². The number of hydrogen-bond acceptors (Lipinski definition) is 3. The fourth-order valence-electron chi connectivity index (χ4n) is 2.80. The van der Waals surface area contributed by atoms with Crippen molar-refractivity contribution in [2.45, 2.75) is 19.3 Å². The van der Waals surface area contributed by atoms with E-state index in [4.69, 9.17) is 11.6 Å². The van der Waals surface area contributed by atoms with Crippen LogP contribution in [0, 0.1) is 0 Å². The van der Waals surface area contributed by atoms with Crippen LogP contribution in [-0.2, 0) is 4.79 Å². The Bertz CT molecular complexity index is 661. The molecular weight excluding hydrogens is 310 g/mol. The lowest BCUT2D eigenvalue weighted by molar-refractivity contribution is -0.117. The van der Waals surface area contributed by atoms with Crippen molar-refractivity contribution in [2.75, 3.05) is 25.0 Å². The van der Waals surface area contributed by atoms with Gasteiger partial charge in [-0.25, -0.2) is 0 Å². The predicted molar refractivity (Wildman–Crippen MR) is 95.0 cm³/mol. The van der Waals surface area contributed by atoms with Crippen LogP contribution < -0.4 is 5.32 Å². The average molecular weight is 330 g/mol. The van der Waals surface area contributed by atoms with E-state index in [1.54, 1.807) is 12.1 Å². The number of anilines is 1. The van der Waals surface area contributed by atoms with Gasteiger partial charge in [-0.1, -0.05) is 23.8 Å². The Morgan fingerprint density at radius 2 is 2.09 bits per heavy atom. The molecule has 0 radical (unpaired) electrons. The highest BCUT2D eigenvalue weighted by atomic mass is 35.5. The lowest BCUT2D eigenvalue weighted by Gasteiger charge is -2.26. The first-order valence-corrected chi connectivity index (χ1v) is 8.27. The van der Waals surface area contributed by atoms with E-state index in [-0.39, 0.29) is 5.91 Å². The van der Waals surface area contributed by atoms with E-state index >= 15 is 0 Å². The van der Waals surface area contributed by atoms with Gasteiger partial charge in [-0.15, -0.1) is 0 Å². The molecule has 0 saturated heterocycles. The first kappa shape index (κ1) is 16.0. The summed E-state index contributed by atoms with van der Waals surface area (Å²) < 4.78 is 0. The van der Waals surface area contributed by atoms with Crippen LogP contribution in [0.15, 0.2) is 53.2 Å². The predicted octanol–water partition coefficient (Wildman–Crippen LogP) is 3.66. The molecule has 2 aliphatic rings. The van der Waals surface area contributed by atoms with E-state index < -0.39 is 0 Å². The Hall–Kier alpha value is -1.91. The fraction of sp³-hybridized carbons (Fsp3) is 0.333. The van der Waals surface area contributed by atoms with Crippen molar-refractivity contribution < 1.29 is 4.79 Å². The van der Waals surface area contributed by atoms with Crippen molar-refractivity contribution >= 4 is 28.9 Å². The Labute approximate surface area is 141 Å². The molecule has 1 aromatic carbocycles. The Kier molecular flexibility index (Phi) is 5.26. The van der Waals surface area contributed by atoms with Crippen LogP contribution in [0.1, 0.15) is 19.3 Å². The lowest BCUT2D eigenvalue weighted by Crippen LogP contribution is -2.37. The summed E-state index contributed by atoms with van der Waals surface area (Å²) in [5.41, 5.74) is 3.32. The quantitative estimate of drug-likeness (QED) is 0.916. The summed E-state index contributed by atoms with van der Waals surface area (Å²) in [6.45, 7) is 2.09. The molecule has 1 amide bonds. The summed E-state index contributed by atoms with van der Waals surface area (Å²) in [7, 11) is 0. The van der Waals surface area contributed by atoms with Crippen LogP contribution >= 0.6 is 11.6 Å². The number of benzene rings is 1. The number of nitrogens with zero attached hydrogens (tertiary/aromatic N) is 2. The van der Waals surface area contributed by atoms with Crippen molar-refractivity contribution in [3.63, 3.8) is 0 Å². The van der Waals surface area contributed by atoms with Crippen LogP contribution in [0.4, 0.5) is 5.69 Å². The largest absolute Gasteiger partial charge is 0.325 e. The average Bonchev–Trinajstić information content (AvgIpc) is 2.58. The number of amides is 1. The van der Waals surface area contributed by atoms with Crippen molar-refractivity contribution in [3.05, 3.63) is 53.2 Å². The molecule has 0 fully saturated rings. The van der Waals surface area contributed by atoms with E-state index in [2.05, 4.69) is 27.4 Å². The molecular formula is C18H20ClN3O. The van der Waals surface area contributed by atoms with Crippen LogP contribution in [-0.4, -0.2) is 36.2 Å². The topological polar surface area (TPSA) is 44.7 Å². The minimum atomic E-state index is 0.00196. The SMILES string of the molecule is O=C(CN1CC=C(C2=NC=CCC2)CC1)Nc1ccc(Cl)cc1. The van der Waals surface area contributed by atoms with Crippen molar-refractivity contribution in [2.24, 2.45) is 4.99 Å². The third-order valence-corrected chi connectivity index (χ3v) is 4.29. The van der Waals surface area contributed by atoms with Gasteiger partial charge in [0.15, 0.2) is 0 Å². The summed E-state index contributed by atoms with van der Waals surface area (Å²) in [5.74, 6) is 0.00196. The van der Waals surface area contributed by atoms with Crippen LogP contribution in [0.5, 0.6) is 0 Å². The highest BCUT2D eigenvalue weighted by Crippen LogP contribution is 2.18. The molecule has 0 spiro atoms. The maximum absolute atomic E-state index is 12.1. The Morgan fingerprint density at radius 1 is 1.26 bits per heavy atom. The first-order valence-electron chi connectivity index (χ1n) is 7.89. The first-order chi connectivity index (χ1) is 11.2. The maximum Gasteiger partial charge on any atom is 0.238 e. The summed E-state index contributed by atoms with van der Waals surface area (Å²) in [4.78, 5) is 18.7. The summed E-state index contributed by atoms with van der Waals surface area (Å²) >= 11 is 5.84. The zero-order chi connectivity index (χ0) is 16.1. The summed E-state index contributed by atoms with van der Waals surface area (Å²) in [6.07, 6.45) is 9.26. The number of halogens is 1. The van der Waals surface area contributed by atoms with Gasteiger partial charge in [0, 0.05) is 35.7 Å². The number of aliphatic imine (C=N–C) groups is 1. The molecule has 0 bridgehead atoms. The highest BCUT2D eigenvalue weighted by molar-refractivity contribution is 6.30. The summed E-state index contributed by atoms with van der Waals surface area (Å²) in [5, 5.41) is 3.56. The van der Waals surface area contributed by atoms with Gasteiger partial charge < -0.3 is 5.32 Å². The smallest absolute Gasteiger partial charge is 0.238 e. The molecule has 23 heavy (non-hydrogen) atoms. The van der Waals surface area contributed by atoms with Gasteiger partial charge in [0.25, 0.3) is 0 Å². The fourth-order valence-corrected chi connectivity index (χ4v) is 2.93.